The third kappa shape index (κ3) is 5.68. The molecule has 0 spiro atoms. The fourth-order valence-corrected chi connectivity index (χ4v) is 4.91. The van der Waals surface area contributed by atoms with Crippen molar-refractivity contribution >= 4 is 34.7 Å². The van der Waals surface area contributed by atoms with E-state index >= 15 is 0 Å². The highest BCUT2D eigenvalue weighted by Gasteiger charge is 2.32. The van der Waals surface area contributed by atoms with Crippen LogP contribution < -0.4 is 5.32 Å². The van der Waals surface area contributed by atoms with Gasteiger partial charge in [0.1, 0.15) is 10.8 Å². The van der Waals surface area contributed by atoms with Crippen LogP contribution in [0.15, 0.2) is 23.6 Å². The fraction of sp³-hybridized carbons (Fsp3) is 0.522. The molecule has 1 aliphatic rings. The molecule has 5 nitrogen and oxygen atoms in total. The molecule has 0 aliphatic carbocycles. The first-order valence-electron chi connectivity index (χ1n) is 10.4. The molecule has 1 saturated heterocycles. The Hall–Kier alpha value is -1.76. The van der Waals surface area contributed by atoms with Crippen molar-refractivity contribution in [2.45, 2.75) is 52.4 Å². The van der Waals surface area contributed by atoms with Crippen molar-refractivity contribution in [2.75, 3.05) is 19.7 Å². The van der Waals surface area contributed by atoms with Crippen molar-refractivity contribution in [3.05, 3.63) is 39.9 Å². The number of carbonyl (C=O) groups excluding carboxylic acids is 2. The Morgan fingerprint density at radius 1 is 1.30 bits per heavy atom. The Kier molecular flexibility index (Phi) is 7.66. The maximum atomic E-state index is 12.6. The molecule has 7 heteroatoms. The standard InChI is InChI=1S/C23H29ClN2O3S/c1-4-29-22(28)23(2,3)13-18(27)12-17-14-30-21(26-17)19-6-5-16(24)11-20(19)15-7-9-25-10-8-15/h5-6,11,14-15,25H,4,7-10,12-13H2,1-3H3. The summed E-state index contributed by atoms with van der Waals surface area (Å²) in [7, 11) is 0. The zero-order valence-electron chi connectivity index (χ0n) is 17.8. The number of rotatable bonds is 8. The van der Waals surface area contributed by atoms with Gasteiger partial charge in [0.25, 0.3) is 0 Å². The first kappa shape index (κ1) is 22.9. The number of thiazole rings is 1. The highest BCUT2D eigenvalue weighted by atomic mass is 35.5. The summed E-state index contributed by atoms with van der Waals surface area (Å²) in [6.07, 6.45) is 2.51. The average molecular weight is 449 g/mol. The van der Waals surface area contributed by atoms with E-state index in [4.69, 9.17) is 21.3 Å². The number of benzene rings is 1. The van der Waals surface area contributed by atoms with Crippen LogP contribution in [0.2, 0.25) is 5.02 Å². The number of aromatic nitrogens is 1. The summed E-state index contributed by atoms with van der Waals surface area (Å²) in [6, 6.07) is 5.99. The van der Waals surface area contributed by atoms with Crippen LogP contribution in [0, 0.1) is 5.41 Å². The number of carbonyl (C=O) groups is 2. The van der Waals surface area contributed by atoms with Crippen LogP contribution in [0.1, 0.15) is 57.2 Å². The molecule has 0 saturated carbocycles. The molecule has 30 heavy (non-hydrogen) atoms. The van der Waals surface area contributed by atoms with Crippen molar-refractivity contribution in [2.24, 2.45) is 5.41 Å². The molecule has 1 aliphatic heterocycles. The molecular formula is C23H29ClN2O3S. The molecular weight excluding hydrogens is 420 g/mol. The molecule has 0 amide bonds. The van der Waals surface area contributed by atoms with Crippen LogP contribution in [-0.2, 0) is 20.7 Å². The summed E-state index contributed by atoms with van der Waals surface area (Å²) < 4.78 is 5.08. The molecule has 1 aromatic carbocycles. The summed E-state index contributed by atoms with van der Waals surface area (Å²) in [6.45, 7) is 7.57. The lowest BCUT2D eigenvalue weighted by molar-refractivity contribution is -0.155. The fourth-order valence-electron chi connectivity index (χ4n) is 3.87. The zero-order chi connectivity index (χ0) is 21.7. The maximum absolute atomic E-state index is 12.6. The first-order valence-corrected chi connectivity index (χ1v) is 11.7. The summed E-state index contributed by atoms with van der Waals surface area (Å²) in [5.41, 5.74) is 2.25. The number of halogens is 1. The van der Waals surface area contributed by atoms with Crippen LogP contribution in [0.3, 0.4) is 0 Å². The van der Waals surface area contributed by atoms with Crippen molar-refractivity contribution in [3.63, 3.8) is 0 Å². The van der Waals surface area contributed by atoms with Crippen molar-refractivity contribution < 1.29 is 14.3 Å². The molecule has 1 N–H and O–H groups in total. The smallest absolute Gasteiger partial charge is 0.311 e. The quantitative estimate of drug-likeness (QED) is 0.574. The number of Topliss-reactive ketones (excluding diaryl/α,β-unsaturated/α-hetero) is 1. The number of ether oxygens (including phenoxy) is 1. The predicted octanol–water partition coefficient (Wildman–Crippen LogP) is 5.02. The lowest BCUT2D eigenvalue weighted by atomic mass is 9.86. The predicted molar refractivity (Wildman–Crippen MR) is 121 cm³/mol. The van der Waals surface area contributed by atoms with E-state index < -0.39 is 5.41 Å². The Bertz CT molecular complexity index is 904. The number of hydrogen-bond donors (Lipinski definition) is 1. The van der Waals surface area contributed by atoms with Gasteiger partial charge < -0.3 is 10.1 Å². The van der Waals surface area contributed by atoms with E-state index in [9.17, 15) is 9.59 Å². The lowest BCUT2D eigenvalue weighted by Crippen LogP contribution is -2.30. The summed E-state index contributed by atoms with van der Waals surface area (Å²) >= 11 is 7.84. The van der Waals surface area contributed by atoms with Crippen molar-refractivity contribution in [3.8, 4) is 10.6 Å². The minimum Gasteiger partial charge on any atom is -0.466 e. The van der Waals surface area contributed by atoms with Crippen LogP contribution in [0.5, 0.6) is 0 Å². The van der Waals surface area contributed by atoms with E-state index in [1.54, 1.807) is 32.1 Å². The van der Waals surface area contributed by atoms with Gasteiger partial charge in [0.2, 0.25) is 0 Å². The van der Waals surface area contributed by atoms with Gasteiger partial charge in [-0.1, -0.05) is 17.7 Å². The molecule has 2 aromatic rings. The van der Waals surface area contributed by atoms with Crippen LogP contribution >= 0.6 is 22.9 Å². The highest BCUT2D eigenvalue weighted by Crippen LogP contribution is 2.37. The topological polar surface area (TPSA) is 68.3 Å². The zero-order valence-corrected chi connectivity index (χ0v) is 19.4. The van der Waals surface area contributed by atoms with Crippen molar-refractivity contribution in [1.82, 2.24) is 10.3 Å². The number of ketones is 1. The first-order chi connectivity index (χ1) is 14.3. The Morgan fingerprint density at radius 2 is 2.03 bits per heavy atom. The average Bonchev–Trinajstić information content (AvgIpc) is 3.16. The summed E-state index contributed by atoms with van der Waals surface area (Å²) in [5, 5.41) is 6.98. The van der Waals surface area contributed by atoms with E-state index in [1.165, 1.54) is 5.56 Å². The molecule has 2 heterocycles. The maximum Gasteiger partial charge on any atom is 0.311 e. The molecule has 0 bridgehead atoms. The van der Waals surface area contributed by atoms with Crippen LogP contribution in [0.25, 0.3) is 10.6 Å². The largest absolute Gasteiger partial charge is 0.466 e. The van der Waals surface area contributed by atoms with Crippen LogP contribution in [-0.4, -0.2) is 36.4 Å². The molecule has 0 unspecified atom stereocenters. The SMILES string of the molecule is CCOC(=O)C(C)(C)CC(=O)Cc1csc(-c2ccc(Cl)cc2C2CCNCC2)n1. The molecule has 162 valence electrons. The Balaban J connectivity index is 1.74. The van der Waals surface area contributed by atoms with E-state index in [1.807, 2.05) is 17.5 Å². The number of piperidine rings is 1. The Morgan fingerprint density at radius 3 is 2.73 bits per heavy atom. The van der Waals surface area contributed by atoms with Gasteiger partial charge in [-0.2, -0.15) is 0 Å². The third-order valence-electron chi connectivity index (χ3n) is 5.42. The highest BCUT2D eigenvalue weighted by molar-refractivity contribution is 7.13. The van der Waals surface area contributed by atoms with E-state index in [2.05, 4.69) is 11.4 Å². The number of hydrogen-bond acceptors (Lipinski definition) is 6. The lowest BCUT2D eigenvalue weighted by Gasteiger charge is -2.25. The minimum absolute atomic E-state index is 0.0143. The molecule has 1 fully saturated rings. The van der Waals surface area contributed by atoms with Gasteiger partial charge in [0, 0.05) is 28.8 Å². The number of esters is 1. The number of nitrogens with zero attached hydrogens (tertiary/aromatic N) is 1. The minimum atomic E-state index is -0.829. The second-order valence-electron chi connectivity index (χ2n) is 8.40. The van der Waals surface area contributed by atoms with Crippen LogP contribution in [0.4, 0.5) is 0 Å². The van der Waals surface area contributed by atoms with Gasteiger partial charge >= 0.3 is 5.97 Å². The summed E-state index contributed by atoms with van der Waals surface area (Å²) in [5.74, 6) is 0.101. The second-order valence-corrected chi connectivity index (χ2v) is 9.69. The van der Waals surface area contributed by atoms with Gasteiger partial charge in [-0.3, -0.25) is 9.59 Å². The molecule has 1 aromatic heterocycles. The van der Waals surface area contributed by atoms with Gasteiger partial charge in [-0.15, -0.1) is 11.3 Å². The van der Waals surface area contributed by atoms with Gasteiger partial charge in [0.05, 0.1) is 17.7 Å². The molecule has 3 rings (SSSR count). The summed E-state index contributed by atoms with van der Waals surface area (Å²) in [4.78, 5) is 29.4. The normalized spacial score (nSPS) is 15.2. The van der Waals surface area contributed by atoms with Gasteiger partial charge in [-0.05, 0) is 70.3 Å². The van der Waals surface area contributed by atoms with Gasteiger partial charge in [0.15, 0.2) is 0 Å². The Labute approximate surface area is 187 Å². The van der Waals surface area contributed by atoms with E-state index in [0.29, 0.717) is 12.5 Å². The van der Waals surface area contributed by atoms with Crippen molar-refractivity contribution in [1.29, 1.82) is 0 Å². The molecule has 0 radical (unpaired) electrons. The van der Waals surface area contributed by atoms with Gasteiger partial charge in [-0.25, -0.2) is 4.98 Å². The second kappa shape index (κ2) is 10.0. The number of nitrogens with one attached hydrogen (secondary N) is 1. The van der Waals surface area contributed by atoms with E-state index in [-0.39, 0.29) is 24.6 Å². The molecule has 0 atom stereocenters. The third-order valence-corrected chi connectivity index (χ3v) is 6.58. The monoisotopic (exact) mass is 448 g/mol. The van der Waals surface area contributed by atoms with E-state index in [0.717, 1.165) is 47.2 Å².